The molecule has 0 N–H and O–H groups in total. The van der Waals surface area contributed by atoms with Crippen LogP contribution in [0.15, 0.2) is 46.2 Å². The molecule has 0 saturated heterocycles. The van der Waals surface area contributed by atoms with Gasteiger partial charge in [-0.25, -0.2) is 9.59 Å². The van der Waals surface area contributed by atoms with Gasteiger partial charge in [0.05, 0.1) is 35.5 Å². The van der Waals surface area contributed by atoms with Gasteiger partial charge in [-0.05, 0) is 49.3 Å². The molecule has 4 nitrogen and oxygen atoms in total. The monoisotopic (exact) mass is 654 g/mol. The Balaban J connectivity index is 2.92. The van der Waals surface area contributed by atoms with E-state index in [0.29, 0.717) is 48.6 Å². The summed E-state index contributed by atoms with van der Waals surface area (Å²) in [5.74, 6) is -2.43. The van der Waals surface area contributed by atoms with E-state index >= 15 is 0 Å². The zero-order valence-electron chi connectivity index (χ0n) is 21.6. The summed E-state index contributed by atoms with van der Waals surface area (Å²) in [7, 11) is 0. The number of alkyl halides is 12. The molecule has 0 aliphatic carbocycles. The highest BCUT2D eigenvalue weighted by Gasteiger charge is 2.49. The molecule has 0 aromatic heterocycles. The van der Waals surface area contributed by atoms with Crippen LogP contribution in [0.5, 0.6) is 0 Å². The first kappa shape index (κ1) is 35.6. The van der Waals surface area contributed by atoms with E-state index < -0.39 is 91.6 Å². The van der Waals surface area contributed by atoms with Crippen molar-refractivity contribution in [3.63, 3.8) is 0 Å². The van der Waals surface area contributed by atoms with E-state index in [9.17, 15) is 62.3 Å². The highest BCUT2D eigenvalue weighted by molar-refractivity contribution is 7.99. The molecule has 17 heteroatoms. The summed E-state index contributed by atoms with van der Waals surface area (Å²) < 4.78 is 177. The second-order valence-corrected chi connectivity index (χ2v) is 9.15. The molecule has 0 unspecified atom stereocenters. The Morgan fingerprint density at radius 2 is 0.884 bits per heavy atom. The first-order valence-corrected chi connectivity index (χ1v) is 12.4. The number of rotatable bonds is 8. The van der Waals surface area contributed by atoms with Crippen LogP contribution in [0.25, 0.3) is 12.2 Å². The van der Waals surface area contributed by atoms with Crippen LogP contribution in [-0.4, -0.2) is 25.2 Å². The molecule has 43 heavy (non-hydrogen) atoms. The molecule has 0 saturated carbocycles. The van der Waals surface area contributed by atoms with Crippen molar-refractivity contribution in [2.45, 2.75) is 48.3 Å². The van der Waals surface area contributed by atoms with Crippen LogP contribution in [0.4, 0.5) is 52.7 Å². The Bertz CT molecular complexity index is 1300. The summed E-state index contributed by atoms with van der Waals surface area (Å²) in [6, 6.07) is 1.47. The van der Waals surface area contributed by atoms with E-state index in [1.165, 1.54) is 13.8 Å². The lowest BCUT2D eigenvalue weighted by Crippen LogP contribution is -2.21. The second-order valence-electron chi connectivity index (χ2n) is 8.07. The number of carbonyl (C=O) groups is 2. The normalized spacial score (nSPS) is 13.2. The smallest absolute Gasteiger partial charge is 0.418 e. The van der Waals surface area contributed by atoms with E-state index in [2.05, 4.69) is 9.47 Å². The Morgan fingerprint density at radius 3 is 1.14 bits per heavy atom. The fraction of sp³-hybridized carbons (Fsp3) is 0.308. The molecule has 0 fully saturated rings. The van der Waals surface area contributed by atoms with Crippen molar-refractivity contribution in [1.82, 2.24) is 0 Å². The summed E-state index contributed by atoms with van der Waals surface area (Å²) in [5, 5.41) is 0. The average molecular weight is 654 g/mol. The van der Waals surface area contributed by atoms with Crippen LogP contribution >= 0.6 is 11.8 Å². The highest BCUT2D eigenvalue weighted by Crippen LogP contribution is 2.52. The Kier molecular flexibility index (Phi) is 11.0. The Hall–Kier alpha value is -3.63. The summed E-state index contributed by atoms with van der Waals surface area (Å²) in [6.45, 7) is 2.22. The van der Waals surface area contributed by atoms with Crippen LogP contribution in [0.2, 0.25) is 0 Å². The third-order valence-electron chi connectivity index (χ3n) is 5.12. The predicted octanol–water partition coefficient (Wildman–Crippen LogP) is 9.07. The Labute approximate surface area is 239 Å². The van der Waals surface area contributed by atoms with Gasteiger partial charge in [0, 0.05) is 21.9 Å². The average Bonchev–Trinajstić information content (AvgIpc) is 2.84. The molecular weight excluding hydrogens is 636 g/mol. The zero-order chi connectivity index (χ0) is 33.0. The zero-order valence-corrected chi connectivity index (χ0v) is 22.4. The van der Waals surface area contributed by atoms with E-state index in [-0.39, 0.29) is 13.2 Å². The minimum atomic E-state index is -5.88. The van der Waals surface area contributed by atoms with Crippen LogP contribution in [0.1, 0.15) is 47.2 Å². The topological polar surface area (TPSA) is 52.6 Å². The maximum Gasteiger partial charge on any atom is 0.418 e. The summed E-state index contributed by atoms with van der Waals surface area (Å²) in [4.78, 5) is 20.0. The third-order valence-corrected chi connectivity index (χ3v) is 6.24. The lowest BCUT2D eigenvalue weighted by molar-refractivity contribution is -0.164. The van der Waals surface area contributed by atoms with Crippen LogP contribution in [-0.2, 0) is 43.8 Å². The standard InChI is InChI=1S/C26H18F12O4S/c1-3-41-17(39)11-7-13-5-9-15(21(25(33,34)35)19(13)23(27,28)29)43-16-10-6-14(8-12-18(40)42-4-2)20(24(30,31)32)22(16)26(36,37)38/h5-12H,3-4H2,1-2H3/b11-7+,12-8+. The van der Waals surface area contributed by atoms with Crippen molar-refractivity contribution in [3.05, 3.63) is 69.8 Å². The maximum absolute atomic E-state index is 14.1. The van der Waals surface area contributed by atoms with E-state index in [1.807, 2.05) is 0 Å². The van der Waals surface area contributed by atoms with Gasteiger partial charge in [-0.2, -0.15) is 52.7 Å². The van der Waals surface area contributed by atoms with Crippen LogP contribution in [0, 0.1) is 0 Å². The molecule has 0 aliphatic rings. The van der Waals surface area contributed by atoms with Crippen LogP contribution < -0.4 is 0 Å². The largest absolute Gasteiger partial charge is 0.463 e. The van der Waals surface area contributed by atoms with E-state index in [0.717, 1.165) is 0 Å². The van der Waals surface area contributed by atoms with Crippen molar-refractivity contribution in [2.75, 3.05) is 13.2 Å². The lowest BCUT2D eigenvalue weighted by Gasteiger charge is -2.24. The number of halogens is 12. The van der Waals surface area contributed by atoms with Crippen LogP contribution in [0.3, 0.4) is 0 Å². The van der Waals surface area contributed by atoms with Gasteiger partial charge in [0.15, 0.2) is 0 Å². The maximum atomic E-state index is 14.1. The van der Waals surface area contributed by atoms with Gasteiger partial charge in [-0.1, -0.05) is 23.9 Å². The number of hydrogen-bond acceptors (Lipinski definition) is 5. The Morgan fingerprint density at radius 1 is 0.581 bits per heavy atom. The van der Waals surface area contributed by atoms with Gasteiger partial charge in [0.1, 0.15) is 0 Å². The molecule has 2 aromatic carbocycles. The third kappa shape index (κ3) is 9.18. The van der Waals surface area contributed by atoms with Crippen molar-refractivity contribution >= 4 is 35.9 Å². The number of esters is 2. The van der Waals surface area contributed by atoms with Gasteiger partial charge >= 0.3 is 36.6 Å². The molecule has 2 aromatic rings. The molecule has 0 aliphatic heterocycles. The van der Waals surface area contributed by atoms with Crippen molar-refractivity contribution in [2.24, 2.45) is 0 Å². The number of carbonyl (C=O) groups excluding carboxylic acids is 2. The predicted molar refractivity (Wildman–Crippen MR) is 128 cm³/mol. The molecule has 0 bridgehead atoms. The molecule has 2 rings (SSSR count). The van der Waals surface area contributed by atoms with Crippen molar-refractivity contribution in [1.29, 1.82) is 0 Å². The lowest BCUT2D eigenvalue weighted by atomic mass is 9.99. The molecule has 0 amide bonds. The van der Waals surface area contributed by atoms with Gasteiger partial charge in [0.25, 0.3) is 0 Å². The summed E-state index contributed by atoms with van der Waals surface area (Å²) in [6.07, 6.45) is -21.9. The van der Waals surface area contributed by atoms with E-state index in [1.54, 1.807) is 0 Å². The molecule has 0 atom stereocenters. The first-order valence-electron chi connectivity index (χ1n) is 11.6. The van der Waals surface area contributed by atoms with Crippen molar-refractivity contribution in [3.8, 4) is 0 Å². The fourth-order valence-corrected chi connectivity index (χ4v) is 4.78. The van der Waals surface area contributed by atoms with E-state index in [4.69, 9.17) is 0 Å². The van der Waals surface area contributed by atoms with Gasteiger partial charge < -0.3 is 9.47 Å². The second kappa shape index (κ2) is 13.3. The quantitative estimate of drug-likeness (QED) is 0.162. The van der Waals surface area contributed by atoms with Gasteiger partial charge in [0.2, 0.25) is 0 Å². The SMILES string of the molecule is CCOC(=O)/C=C/c1ccc(Sc2ccc(/C=C/C(=O)OCC)c(C(F)(F)F)c2C(F)(F)F)c(C(F)(F)F)c1C(F)(F)F. The molecule has 236 valence electrons. The first-order chi connectivity index (χ1) is 19.6. The number of benzene rings is 2. The number of hydrogen-bond donors (Lipinski definition) is 0. The molecular formula is C26H18F12O4S. The minimum absolute atomic E-state index is 0.225. The minimum Gasteiger partial charge on any atom is -0.463 e. The molecule has 0 radical (unpaired) electrons. The van der Waals surface area contributed by atoms with Gasteiger partial charge in [-0.3, -0.25) is 0 Å². The number of ether oxygens (including phenoxy) is 2. The summed E-state index contributed by atoms with van der Waals surface area (Å²) >= 11 is -0.634. The highest BCUT2D eigenvalue weighted by atomic mass is 32.2. The van der Waals surface area contributed by atoms with Crippen molar-refractivity contribution < 1.29 is 71.7 Å². The molecule has 0 spiro atoms. The fourth-order valence-electron chi connectivity index (χ4n) is 3.64. The van der Waals surface area contributed by atoms with Gasteiger partial charge in [-0.15, -0.1) is 0 Å². The summed E-state index contributed by atoms with van der Waals surface area (Å²) in [5.41, 5.74) is -12.2. The molecule has 0 heterocycles.